The van der Waals surface area contributed by atoms with E-state index in [1.165, 1.54) is 0 Å². The average Bonchev–Trinajstić information content (AvgIpc) is 3.70. The van der Waals surface area contributed by atoms with E-state index in [0.717, 1.165) is 43.4 Å². The molecule has 45 heavy (non-hydrogen) atoms. The molecule has 5 fully saturated rings. The smallest absolute Gasteiger partial charge is 0.308 e. The van der Waals surface area contributed by atoms with Crippen LogP contribution in [0.15, 0.2) is 4.79 Å². The first-order valence-electron chi connectivity index (χ1n) is 17.1. The molecule has 1 aromatic rings. The number of hydrogen-bond acceptors (Lipinski definition) is 7. The summed E-state index contributed by atoms with van der Waals surface area (Å²) in [6.45, 7) is 5.97. The van der Waals surface area contributed by atoms with E-state index in [-0.39, 0.29) is 64.6 Å². The molecule has 1 aromatic heterocycles. The Bertz CT molecular complexity index is 1350. The van der Waals surface area contributed by atoms with Gasteiger partial charge in [0.15, 0.2) is 0 Å². The molecule has 11 atom stereocenters. The molecule has 0 radical (unpaired) electrons. The van der Waals surface area contributed by atoms with Gasteiger partial charge in [-0.2, -0.15) is 11.8 Å². The molecular formula is C33H47ClF2N4O4S. The first-order chi connectivity index (χ1) is 21.5. The molecule has 3 aliphatic carbocycles. The summed E-state index contributed by atoms with van der Waals surface area (Å²) >= 11 is 8.51. The molecule has 3 aliphatic heterocycles. The normalized spacial score (nSPS) is 41.0. The lowest BCUT2D eigenvalue weighted by molar-refractivity contribution is -0.142. The number of rotatable bonds is 7. The van der Waals surface area contributed by atoms with Crippen LogP contribution in [0.4, 0.5) is 8.78 Å². The van der Waals surface area contributed by atoms with E-state index in [4.69, 9.17) is 21.3 Å². The minimum Gasteiger partial charge on any atom is -0.481 e. The maximum absolute atomic E-state index is 14.4. The maximum Gasteiger partial charge on any atom is 0.308 e. The lowest BCUT2D eigenvalue weighted by atomic mass is 9.70. The highest BCUT2D eigenvalue weighted by molar-refractivity contribution is 8.00. The Morgan fingerprint density at radius 3 is 2.80 bits per heavy atom. The van der Waals surface area contributed by atoms with Crippen LogP contribution in [0.25, 0.3) is 0 Å². The summed E-state index contributed by atoms with van der Waals surface area (Å²) in [5, 5.41) is 13.7. The predicted molar refractivity (Wildman–Crippen MR) is 170 cm³/mol. The number of fused-ring (bicyclic) bond motifs is 3. The quantitative estimate of drug-likeness (QED) is 0.414. The van der Waals surface area contributed by atoms with Crippen molar-refractivity contribution in [3.05, 3.63) is 27.4 Å². The van der Waals surface area contributed by atoms with Gasteiger partial charge in [0.05, 0.1) is 30.9 Å². The molecule has 4 heterocycles. The number of aromatic nitrogens is 2. The number of carboxylic acids is 1. The number of piperidine rings is 1. The van der Waals surface area contributed by atoms with E-state index in [1.807, 2.05) is 6.92 Å². The van der Waals surface area contributed by atoms with Crippen molar-refractivity contribution in [1.82, 2.24) is 19.8 Å². The number of halogens is 3. The highest BCUT2D eigenvalue weighted by Gasteiger charge is 2.55. The number of likely N-dealkylation sites (tertiary alicyclic amines) is 1. The van der Waals surface area contributed by atoms with Crippen LogP contribution in [0.2, 0.25) is 0 Å². The summed E-state index contributed by atoms with van der Waals surface area (Å²) < 4.78 is 37.2. The summed E-state index contributed by atoms with van der Waals surface area (Å²) in [5.74, 6) is -2.27. The Morgan fingerprint density at radius 1 is 1.20 bits per heavy atom. The van der Waals surface area contributed by atoms with Crippen molar-refractivity contribution in [3.63, 3.8) is 0 Å². The first kappa shape index (κ1) is 32.3. The topological polar surface area (TPSA) is 96.7 Å². The van der Waals surface area contributed by atoms with E-state index in [0.29, 0.717) is 63.0 Å². The number of alkyl halides is 3. The minimum absolute atomic E-state index is 0.00987. The zero-order valence-electron chi connectivity index (χ0n) is 26.3. The van der Waals surface area contributed by atoms with Crippen LogP contribution in [0.1, 0.15) is 69.0 Å². The van der Waals surface area contributed by atoms with Crippen molar-refractivity contribution in [1.29, 1.82) is 0 Å². The van der Waals surface area contributed by atoms with Gasteiger partial charge in [-0.1, -0.05) is 0 Å². The van der Waals surface area contributed by atoms with Crippen molar-refractivity contribution in [2.24, 2.45) is 29.6 Å². The van der Waals surface area contributed by atoms with Crippen molar-refractivity contribution in [3.8, 4) is 0 Å². The Morgan fingerprint density at radius 2 is 2.02 bits per heavy atom. The third kappa shape index (κ3) is 6.11. The number of aryl methyl sites for hydroxylation is 2. The van der Waals surface area contributed by atoms with Crippen molar-refractivity contribution in [2.75, 3.05) is 25.4 Å². The van der Waals surface area contributed by atoms with Crippen LogP contribution >= 0.6 is 23.4 Å². The van der Waals surface area contributed by atoms with Crippen LogP contribution in [-0.4, -0.2) is 91.8 Å². The summed E-state index contributed by atoms with van der Waals surface area (Å²) in [6.07, 6.45) is 6.31. The lowest BCUT2D eigenvalue weighted by Crippen LogP contribution is -2.57. The van der Waals surface area contributed by atoms with Gasteiger partial charge >= 0.3 is 5.97 Å². The van der Waals surface area contributed by atoms with Gasteiger partial charge < -0.3 is 15.2 Å². The van der Waals surface area contributed by atoms with Crippen LogP contribution in [0.3, 0.4) is 0 Å². The van der Waals surface area contributed by atoms with Gasteiger partial charge in [0, 0.05) is 65.5 Å². The molecule has 8 unspecified atom stereocenters. The zero-order valence-corrected chi connectivity index (χ0v) is 27.9. The number of aliphatic carboxylic acids is 1. The third-order valence-electron chi connectivity index (χ3n) is 12.1. The fourth-order valence-corrected chi connectivity index (χ4v) is 12.0. The molecule has 0 spiro atoms. The fraction of sp³-hybridized carbons (Fsp3) is 0.848. The number of carboxylic acid groups (broad SMARTS) is 1. The average molecular weight is 669 g/mol. The van der Waals surface area contributed by atoms with E-state index in [2.05, 4.69) is 17.1 Å². The molecule has 7 rings (SSSR count). The highest BCUT2D eigenvalue weighted by atomic mass is 35.5. The number of ether oxygens (including phenoxy) is 1. The van der Waals surface area contributed by atoms with Gasteiger partial charge in [-0.15, -0.1) is 11.6 Å². The van der Waals surface area contributed by atoms with E-state index < -0.39 is 17.8 Å². The summed E-state index contributed by atoms with van der Waals surface area (Å²) in [7, 11) is 0. The summed E-state index contributed by atoms with van der Waals surface area (Å²) in [6, 6.07) is 0.301. The molecule has 2 N–H and O–H groups in total. The van der Waals surface area contributed by atoms with Gasteiger partial charge in [0.2, 0.25) is 0 Å². The van der Waals surface area contributed by atoms with Gasteiger partial charge in [0.1, 0.15) is 5.82 Å². The molecule has 12 heteroatoms. The van der Waals surface area contributed by atoms with Crippen molar-refractivity contribution in [2.45, 2.75) is 119 Å². The molecule has 0 amide bonds. The second-order valence-corrected chi connectivity index (χ2v) is 16.6. The maximum atomic E-state index is 14.4. The van der Waals surface area contributed by atoms with Crippen LogP contribution < -0.4 is 10.9 Å². The molecule has 3 saturated heterocycles. The molecule has 6 aliphatic rings. The first-order valence-corrected chi connectivity index (χ1v) is 18.6. The molecule has 0 bridgehead atoms. The van der Waals surface area contributed by atoms with Gasteiger partial charge in [-0.3, -0.25) is 19.1 Å². The second-order valence-electron chi connectivity index (χ2n) is 14.8. The number of carbonyl (C=O) groups is 1. The van der Waals surface area contributed by atoms with E-state index in [1.54, 1.807) is 16.3 Å². The van der Waals surface area contributed by atoms with Gasteiger partial charge in [-0.25, -0.2) is 13.8 Å². The molecular weight excluding hydrogens is 622 g/mol. The van der Waals surface area contributed by atoms with E-state index >= 15 is 0 Å². The number of nitrogens with zero attached hydrogens (tertiary/aromatic N) is 3. The Labute approximate surface area is 273 Å². The summed E-state index contributed by atoms with van der Waals surface area (Å²) in [4.78, 5) is 32.9. The third-order valence-corrected chi connectivity index (χ3v) is 14.1. The van der Waals surface area contributed by atoms with Gasteiger partial charge in [-0.05, 0) is 83.0 Å². The Balaban J connectivity index is 1.02. The van der Waals surface area contributed by atoms with Crippen molar-refractivity contribution >= 4 is 29.3 Å². The molecule has 8 nitrogen and oxygen atoms in total. The lowest BCUT2D eigenvalue weighted by Gasteiger charge is -2.47. The Kier molecular flexibility index (Phi) is 9.07. The Hall–Kier alpha value is -1.27. The zero-order chi connectivity index (χ0) is 31.6. The minimum atomic E-state index is -2.57. The predicted octanol–water partition coefficient (Wildman–Crippen LogP) is 4.36. The second kappa shape index (κ2) is 12.6. The number of thioether (sulfide) groups is 1. The van der Waals surface area contributed by atoms with Crippen LogP contribution in [0.5, 0.6) is 0 Å². The number of nitrogens with one attached hydrogen (secondary N) is 1. The number of hydrogen-bond donors (Lipinski definition) is 2. The monoisotopic (exact) mass is 668 g/mol. The summed E-state index contributed by atoms with van der Waals surface area (Å²) in [5.41, 5.74) is 1.58. The molecule has 250 valence electrons. The van der Waals surface area contributed by atoms with E-state index in [9.17, 15) is 23.5 Å². The molecule has 0 aromatic carbocycles. The largest absolute Gasteiger partial charge is 0.481 e. The molecule has 2 saturated carbocycles. The SMILES string of the molecule is Cc1nc2c(c(=O)n1CCOC1CCC(Cl)CC1C1CC(C)NC3C(C(=O)O)CSC13)C[C@@H](N1C[C@H]3CCC(F)(F)[C@H]3C1)CC2. The van der Waals surface area contributed by atoms with Crippen LogP contribution in [0, 0.1) is 36.5 Å². The standard InChI is InChI=1S/C33H47ClF2N4O4S/c1-17-11-23(30-29(37-17)25(16-45-30)32(42)43)22-12-20(34)3-6-28(22)44-10-9-40-18(2)38-27-5-4-21(13-24(27)31(40)41)39-14-19-7-8-33(35,36)26(19)15-39/h17,19-23,25-26,28-30,37H,3-16H2,1-2H3,(H,42,43)/t17?,19-,20?,21+,22?,23?,25?,26+,28?,29?,30?/m1/s1. The highest BCUT2D eigenvalue weighted by Crippen LogP contribution is 2.50. The fourth-order valence-electron chi connectivity index (χ4n) is 9.83. The van der Waals surface area contributed by atoms with Crippen molar-refractivity contribution < 1.29 is 23.4 Å². The van der Waals surface area contributed by atoms with Gasteiger partial charge in [0.25, 0.3) is 11.5 Å². The van der Waals surface area contributed by atoms with Crippen LogP contribution in [-0.2, 0) is 28.9 Å².